The minimum absolute atomic E-state index is 0.0428. The van der Waals surface area contributed by atoms with Gasteiger partial charge in [-0.05, 0) is 53.6 Å². The number of rotatable bonds is 3. The number of urea groups is 1. The summed E-state index contributed by atoms with van der Waals surface area (Å²) in [6.07, 6.45) is 2.79. The Balaban J connectivity index is 2.04. The number of nitrogens with one attached hydrogen (secondary N) is 2. The second kappa shape index (κ2) is 7.08. The minimum atomic E-state index is -1.10. The van der Waals surface area contributed by atoms with Gasteiger partial charge in [0.1, 0.15) is 0 Å². The standard InChI is InChI=1S/C14H17IN2O4/c15-8-5-6-10(9(7-8)13(19)20)16-14(21)17-11-3-1-2-4-12(11)18/h5-7,11-12,18H,1-4H2,(H,19,20)(H2,16,17,21). The summed E-state index contributed by atoms with van der Waals surface area (Å²) in [6.45, 7) is 0. The fourth-order valence-electron chi connectivity index (χ4n) is 2.41. The highest BCUT2D eigenvalue weighted by Gasteiger charge is 2.24. The van der Waals surface area contributed by atoms with Gasteiger partial charge in [0.15, 0.2) is 0 Å². The number of hydrogen-bond donors (Lipinski definition) is 4. The lowest BCUT2D eigenvalue weighted by Gasteiger charge is -2.28. The molecular weight excluding hydrogens is 387 g/mol. The van der Waals surface area contributed by atoms with Gasteiger partial charge in [-0.3, -0.25) is 0 Å². The summed E-state index contributed by atoms with van der Waals surface area (Å²) in [6, 6.07) is 3.99. The van der Waals surface area contributed by atoms with Crippen LogP contribution in [0.25, 0.3) is 0 Å². The molecule has 0 heterocycles. The number of carboxylic acid groups (broad SMARTS) is 1. The summed E-state index contributed by atoms with van der Waals surface area (Å²) in [7, 11) is 0. The van der Waals surface area contributed by atoms with Crippen LogP contribution in [0, 0.1) is 3.57 Å². The molecule has 0 spiro atoms. The van der Waals surface area contributed by atoms with Gasteiger partial charge in [0.05, 0.1) is 23.4 Å². The van der Waals surface area contributed by atoms with Crippen LogP contribution in [0.3, 0.4) is 0 Å². The average Bonchev–Trinajstić information content (AvgIpc) is 2.43. The molecule has 0 aliphatic heterocycles. The smallest absolute Gasteiger partial charge is 0.337 e. The van der Waals surface area contributed by atoms with Gasteiger partial charge in [0.25, 0.3) is 0 Å². The van der Waals surface area contributed by atoms with Crippen molar-refractivity contribution in [2.24, 2.45) is 0 Å². The quantitative estimate of drug-likeness (QED) is 0.582. The summed E-state index contributed by atoms with van der Waals surface area (Å²) >= 11 is 2.01. The summed E-state index contributed by atoms with van der Waals surface area (Å²) in [5.41, 5.74) is 0.284. The van der Waals surface area contributed by atoms with Crippen molar-refractivity contribution in [2.45, 2.75) is 37.8 Å². The van der Waals surface area contributed by atoms with E-state index in [1.165, 1.54) is 6.07 Å². The van der Waals surface area contributed by atoms with E-state index in [2.05, 4.69) is 10.6 Å². The van der Waals surface area contributed by atoms with Crippen LogP contribution in [-0.4, -0.2) is 34.4 Å². The number of aromatic carboxylic acids is 1. The molecule has 6 nitrogen and oxygen atoms in total. The van der Waals surface area contributed by atoms with Gasteiger partial charge in [-0.1, -0.05) is 12.8 Å². The van der Waals surface area contributed by atoms with E-state index in [-0.39, 0.29) is 17.3 Å². The molecule has 0 saturated heterocycles. The molecule has 1 aliphatic rings. The maximum atomic E-state index is 12.0. The normalized spacial score (nSPS) is 21.6. The van der Waals surface area contributed by atoms with Gasteiger partial charge >= 0.3 is 12.0 Å². The molecule has 1 fully saturated rings. The number of halogens is 1. The summed E-state index contributed by atoms with van der Waals surface area (Å²) in [5, 5.41) is 24.2. The van der Waals surface area contributed by atoms with Crippen molar-refractivity contribution in [3.05, 3.63) is 27.3 Å². The predicted octanol–water partition coefficient (Wildman–Crippen LogP) is 2.41. The Morgan fingerprint density at radius 2 is 1.95 bits per heavy atom. The number of carboxylic acids is 1. The fraction of sp³-hybridized carbons (Fsp3) is 0.429. The number of carbonyl (C=O) groups excluding carboxylic acids is 1. The highest BCUT2D eigenvalue weighted by atomic mass is 127. The van der Waals surface area contributed by atoms with Crippen molar-refractivity contribution in [1.29, 1.82) is 0 Å². The van der Waals surface area contributed by atoms with E-state index in [1.807, 2.05) is 22.6 Å². The van der Waals surface area contributed by atoms with Crippen LogP contribution in [0.1, 0.15) is 36.0 Å². The Kier molecular flexibility index (Phi) is 5.40. The Bertz CT molecular complexity index is 550. The third-order valence-corrected chi connectivity index (χ3v) is 4.18. The van der Waals surface area contributed by atoms with Crippen molar-refractivity contribution >= 4 is 40.3 Å². The van der Waals surface area contributed by atoms with Crippen LogP contribution in [-0.2, 0) is 0 Å². The second-order valence-corrected chi connectivity index (χ2v) is 6.30. The van der Waals surface area contributed by atoms with Crippen LogP contribution >= 0.6 is 22.6 Å². The van der Waals surface area contributed by atoms with Crippen molar-refractivity contribution in [1.82, 2.24) is 5.32 Å². The molecule has 0 bridgehead atoms. The van der Waals surface area contributed by atoms with Crippen LogP contribution in [0.5, 0.6) is 0 Å². The molecule has 2 amide bonds. The monoisotopic (exact) mass is 404 g/mol. The lowest BCUT2D eigenvalue weighted by Crippen LogP contribution is -2.46. The van der Waals surface area contributed by atoms with E-state index in [0.717, 1.165) is 22.8 Å². The van der Waals surface area contributed by atoms with Gasteiger partial charge in [0.2, 0.25) is 0 Å². The molecule has 2 rings (SSSR count). The first-order valence-corrected chi connectivity index (χ1v) is 7.83. The van der Waals surface area contributed by atoms with E-state index in [1.54, 1.807) is 12.1 Å². The summed E-state index contributed by atoms with van der Waals surface area (Å²) < 4.78 is 0.777. The first-order valence-electron chi connectivity index (χ1n) is 6.76. The Labute approximate surface area is 136 Å². The van der Waals surface area contributed by atoms with Crippen LogP contribution in [0.4, 0.5) is 10.5 Å². The van der Waals surface area contributed by atoms with E-state index in [4.69, 9.17) is 5.11 Å². The van der Waals surface area contributed by atoms with E-state index in [9.17, 15) is 14.7 Å². The molecule has 1 aromatic rings. The Hall–Kier alpha value is -1.35. The van der Waals surface area contributed by atoms with Gasteiger partial charge in [-0.15, -0.1) is 0 Å². The molecule has 1 saturated carbocycles. The van der Waals surface area contributed by atoms with Gasteiger partial charge in [-0.25, -0.2) is 9.59 Å². The highest BCUT2D eigenvalue weighted by molar-refractivity contribution is 14.1. The molecule has 0 aromatic heterocycles. The number of aliphatic hydroxyl groups excluding tert-OH is 1. The molecule has 1 aliphatic carbocycles. The predicted molar refractivity (Wildman–Crippen MR) is 86.5 cm³/mol. The first kappa shape index (κ1) is 16.0. The van der Waals surface area contributed by atoms with Gasteiger partial charge < -0.3 is 20.8 Å². The van der Waals surface area contributed by atoms with Gasteiger partial charge in [0, 0.05) is 3.57 Å². The Morgan fingerprint density at radius 1 is 1.24 bits per heavy atom. The Morgan fingerprint density at radius 3 is 2.62 bits per heavy atom. The van der Waals surface area contributed by atoms with Crippen molar-refractivity contribution in [3.63, 3.8) is 0 Å². The zero-order valence-corrected chi connectivity index (χ0v) is 13.5. The number of amides is 2. The molecule has 7 heteroatoms. The largest absolute Gasteiger partial charge is 0.478 e. The molecule has 0 radical (unpaired) electrons. The van der Waals surface area contributed by atoms with Crippen molar-refractivity contribution in [2.75, 3.05) is 5.32 Å². The van der Waals surface area contributed by atoms with Crippen molar-refractivity contribution < 1.29 is 19.8 Å². The zero-order chi connectivity index (χ0) is 15.4. The fourth-order valence-corrected chi connectivity index (χ4v) is 2.90. The third-order valence-electron chi connectivity index (χ3n) is 3.51. The molecule has 2 atom stereocenters. The van der Waals surface area contributed by atoms with E-state index >= 15 is 0 Å². The molecule has 1 aromatic carbocycles. The first-order chi connectivity index (χ1) is 9.97. The highest BCUT2D eigenvalue weighted by Crippen LogP contribution is 2.20. The number of hydrogen-bond acceptors (Lipinski definition) is 3. The zero-order valence-electron chi connectivity index (χ0n) is 11.3. The van der Waals surface area contributed by atoms with Crippen LogP contribution in [0.15, 0.2) is 18.2 Å². The topological polar surface area (TPSA) is 98.7 Å². The van der Waals surface area contributed by atoms with E-state index < -0.39 is 18.1 Å². The maximum absolute atomic E-state index is 12.0. The number of aliphatic hydroxyl groups is 1. The average molecular weight is 404 g/mol. The van der Waals surface area contributed by atoms with Crippen LogP contribution in [0.2, 0.25) is 0 Å². The second-order valence-electron chi connectivity index (χ2n) is 5.05. The van der Waals surface area contributed by atoms with Crippen molar-refractivity contribution in [3.8, 4) is 0 Å². The summed E-state index contributed by atoms with van der Waals surface area (Å²) in [4.78, 5) is 23.1. The van der Waals surface area contributed by atoms with Crippen LogP contribution < -0.4 is 10.6 Å². The molecule has 21 heavy (non-hydrogen) atoms. The van der Waals surface area contributed by atoms with Gasteiger partial charge in [-0.2, -0.15) is 0 Å². The maximum Gasteiger partial charge on any atom is 0.337 e. The number of anilines is 1. The summed E-state index contributed by atoms with van der Waals surface area (Å²) in [5.74, 6) is -1.10. The van der Waals surface area contributed by atoms with E-state index in [0.29, 0.717) is 6.42 Å². The third kappa shape index (κ3) is 4.31. The minimum Gasteiger partial charge on any atom is -0.478 e. The lowest BCUT2D eigenvalue weighted by molar-refractivity contribution is 0.0698. The molecule has 114 valence electrons. The number of carbonyl (C=O) groups is 2. The number of benzene rings is 1. The molecular formula is C14H17IN2O4. The SMILES string of the molecule is O=C(Nc1ccc(I)cc1C(=O)O)NC1CCCCC1O. The molecule has 4 N–H and O–H groups in total. The molecule has 2 unspecified atom stereocenters. The lowest BCUT2D eigenvalue weighted by atomic mass is 9.93.